The van der Waals surface area contributed by atoms with Gasteiger partial charge in [-0.2, -0.15) is 15.3 Å². The zero-order valence-corrected chi connectivity index (χ0v) is 19.8. The van der Waals surface area contributed by atoms with Gasteiger partial charge in [0.15, 0.2) is 0 Å². The van der Waals surface area contributed by atoms with E-state index < -0.39 is 17.0 Å². The number of halogens is 2. The van der Waals surface area contributed by atoms with Gasteiger partial charge in [0.1, 0.15) is 17.5 Å². The normalized spacial score (nSPS) is 26.7. The quantitative estimate of drug-likeness (QED) is 0.616. The second-order valence-corrected chi connectivity index (χ2v) is 10.3. The van der Waals surface area contributed by atoms with Gasteiger partial charge < -0.3 is 9.64 Å². The van der Waals surface area contributed by atoms with E-state index in [1.807, 2.05) is 0 Å². The first-order chi connectivity index (χ1) is 16.7. The molecule has 8 nitrogen and oxygen atoms in total. The largest absolute Gasteiger partial charge is 0.374 e. The summed E-state index contributed by atoms with van der Waals surface area (Å²) in [6, 6.07) is 5.58. The minimum atomic E-state index is -0.663. The van der Waals surface area contributed by atoms with Gasteiger partial charge in [-0.05, 0) is 54.9 Å². The fourth-order valence-corrected chi connectivity index (χ4v) is 6.67. The van der Waals surface area contributed by atoms with Crippen LogP contribution in [0.5, 0.6) is 0 Å². The van der Waals surface area contributed by atoms with Crippen molar-refractivity contribution in [2.75, 3.05) is 19.7 Å². The van der Waals surface area contributed by atoms with Gasteiger partial charge in [-0.3, -0.25) is 9.89 Å². The zero-order valence-electron chi connectivity index (χ0n) is 19.8. The third kappa shape index (κ3) is 3.01. The van der Waals surface area contributed by atoms with Gasteiger partial charge in [0.2, 0.25) is 5.82 Å². The number of fused-ring (bicyclic) bond motifs is 5. The molecule has 182 valence electrons. The number of nitrogens with zero attached hydrogens (tertiary/aromatic N) is 5. The number of aromatic amines is 1. The maximum Gasteiger partial charge on any atom is 0.291 e. The summed E-state index contributed by atoms with van der Waals surface area (Å²) in [4.78, 5) is 19.0. The molecule has 6 rings (SSSR count). The molecule has 10 heteroatoms. The van der Waals surface area contributed by atoms with Crippen LogP contribution in [0, 0.1) is 24.0 Å². The van der Waals surface area contributed by atoms with E-state index in [2.05, 4.69) is 39.2 Å². The molecule has 3 heterocycles. The van der Waals surface area contributed by atoms with Gasteiger partial charge in [-0.15, -0.1) is 0 Å². The molecule has 3 aliphatic rings. The Balaban J connectivity index is 1.39. The number of hydrogen-bond donors (Lipinski definition) is 1. The van der Waals surface area contributed by atoms with Gasteiger partial charge >= 0.3 is 0 Å². The predicted octanol–water partition coefficient (Wildman–Crippen LogP) is 3.54. The summed E-state index contributed by atoms with van der Waals surface area (Å²) in [5.74, 6) is -0.663. The van der Waals surface area contributed by atoms with Crippen molar-refractivity contribution in [2.24, 2.45) is 5.41 Å². The van der Waals surface area contributed by atoms with Crippen LogP contribution in [0.1, 0.15) is 60.3 Å². The van der Waals surface area contributed by atoms with Crippen molar-refractivity contribution in [1.29, 1.82) is 0 Å². The van der Waals surface area contributed by atoms with E-state index in [-0.39, 0.29) is 40.4 Å². The lowest BCUT2D eigenvalue weighted by atomic mass is 9.64. The number of aromatic nitrogens is 5. The predicted molar refractivity (Wildman–Crippen MR) is 122 cm³/mol. The van der Waals surface area contributed by atoms with Crippen molar-refractivity contribution in [2.45, 2.75) is 51.0 Å². The second kappa shape index (κ2) is 7.61. The van der Waals surface area contributed by atoms with Crippen LogP contribution in [-0.4, -0.2) is 62.0 Å². The number of amides is 1. The highest BCUT2D eigenvalue weighted by Crippen LogP contribution is 2.69. The summed E-state index contributed by atoms with van der Waals surface area (Å²) in [6.07, 6.45) is 1.45. The lowest BCUT2D eigenvalue weighted by molar-refractivity contribution is -0.0843. The molecule has 2 fully saturated rings. The Kier molecular flexibility index (Phi) is 4.83. The van der Waals surface area contributed by atoms with E-state index in [1.165, 1.54) is 18.2 Å². The average molecular weight is 481 g/mol. The van der Waals surface area contributed by atoms with Crippen LogP contribution in [-0.2, 0) is 10.2 Å². The molecule has 1 saturated heterocycles. The first-order valence-corrected chi connectivity index (χ1v) is 11.9. The van der Waals surface area contributed by atoms with Crippen molar-refractivity contribution in [1.82, 2.24) is 30.3 Å². The lowest BCUT2D eigenvalue weighted by Gasteiger charge is -2.47. The minimum Gasteiger partial charge on any atom is -0.374 e. The topological polar surface area (TPSA) is 96.9 Å². The number of carbonyl (C=O) groups excluding carboxylic acids is 1. The number of morpholine rings is 1. The highest BCUT2D eigenvalue weighted by Gasteiger charge is 2.67. The fraction of sp³-hybridized carbons (Fsp3) is 0.480. The Labute approximate surface area is 201 Å². The van der Waals surface area contributed by atoms with Crippen LogP contribution in [0.4, 0.5) is 8.78 Å². The molecule has 35 heavy (non-hydrogen) atoms. The molecule has 1 N–H and O–H groups in total. The number of ether oxygens (including phenoxy) is 1. The van der Waals surface area contributed by atoms with Gasteiger partial charge in [-0.1, -0.05) is 19.9 Å². The Hall–Kier alpha value is -3.27. The molecule has 3 aromatic rings. The van der Waals surface area contributed by atoms with Crippen molar-refractivity contribution in [3.63, 3.8) is 0 Å². The summed E-state index contributed by atoms with van der Waals surface area (Å²) >= 11 is 0. The minimum absolute atomic E-state index is 0.146. The lowest BCUT2D eigenvalue weighted by Crippen LogP contribution is -2.57. The number of nitrogens with one attached hydrogen (secondary N) is 1. The number of hydrogen-bond acceptors (Lipinski definition) is 6. The molecule has 1 aliphatic heterocycles. The third-order valence-electron chi connectivity index (χ3n) is 8.39. The zero-order chi connectivity index (χ0) is 24.5. The van der Waals surface area contributed by atoms with Crippen LogP contribution in [0.25, 0.3) is 11.3 Å². The van der Waals surface area contributed by atoms with E-state index in [0.29, 0.717) is 25.5 Å². The van der Waals surface area contributed by atoms with E-state index in [1.54, 1.807) is 17.9 Å². The standard InChI is InChI=1S/C25H26F2N6O2/c1-13-28-22(32-29-13)23(34)33-9-10-35-19(12-33)25-8-7-15(24(25,2)3)14-11-18(30-31-21(14)25)20-16(26)5-4-6-17(20)27/h4-6,11,15,19H,7-10,12H2,1-3H3,(H,28,29,32). The van der Waals surface area contributed by atoms with Crippen LogP contribution in [0.3, 0.4) is 0 Å². The SMILES string of the molecule is Cc1n[nH]c(C(=O)N2CCOC(C34CCC(c5cc(-c6c(F)cccc6F)nnc53)C4(C)C)C2)n1. The third-order valence-corrected chi connectivity index (χ3v) is 8.39. The molecule has 1 saturated carbocycles. The van der Waals surface area contributed by atoms with Gasteiger partial charge in [0.25, 0.3) is 5.91 Å². The highest BCUT2D eigenvalue weighted by molar-refractivity contribution is 5.90. The molecule has 2 aromatic heterocycles. The molecule has 3 atom stereocenters. The number of carbonyl (C=O) groups is 1. The summed E-state index contributed by atoms with van der Waals surface area (Å²) in [5, 5.41) is 15.5. The number of aryl methyl sites for hydroxylation is 1. The Morgan fingerprint density at radius 3 is 2.71 bits per heavy atom. The number of benzene rings is 1. The smallest absolute Gasteiger partial charge is 0.291 e. The summed E-state index contributed by atoms with van der Waals surface area (Å²) in [7, 11) is 0. The van der Waals surface area contributed by atoms with E-state index >= 15 is 0 Å². The maximum absolute atomic E-state index is 14.5. The molecular formula is C25H26F2N6O2. The molecule has 3 unspecified atom stereocenters. The average Bonchev–Trinajstić information content (AvgIpc) is 3.45. The molecular weight excluding hydrogens is 454 g/mol. The molecule has 2 bridgehead atoms. The molecule has 2 aliphatic carbocycles. The number of H-pyrrole nitrogens is 1. The Morgan fingerprint density at radius 1 is 1.23 bits per heavy atom. The van der Waals surface area contributed by atoms with Gasteiger partial charge in [0, 0.05) is 18.5 Å². The molecule has 1 amide bonds. The van der Waals surface area contributed by atoms with Crippen molar-refractivity contribution in [3.8, 4) is 11.3 Å². The van der Waals surface area contributed by atoms with Crippen LogP contribution < -0.4 is 0 Å². The summed E-state index contributed by atoms with van der Waals surface area (Å²) in [6.45, 7) is 7.36. The van der Waals surface area contributed by atoms with Crippen LogP contribution >= 0.6 is 0 Å². The van der Waals surface area contributed by atoms with E-state index in [0.717, 1.165) is 24.1 Å². The van der Waals surface area contributed by atoms with Crippen LogP contribution in [0.15, 0.2) is 24.3 Å². The van der Waals surface area contributed by atoms with E-state index in [9.17, 15) is 13.6 Å². The summed E-state index contributed by atoms with van der Waals surface area (Å²) in [5.41, 5.74) is 1.10. The molecule has 0 spiro atoms. The first-order valence-electron chi connectivity index (χ1n) is 11.9. The monoisotopic (exact) mass is 480 g/mol. The number of rotatable bonds is 3. The molecule has 0 radical (unpaired) electrons. The van der Waals surface area contributed by atoms with Crippen molar-refractivity contribution < 1.29 is 18.3 Å². The fourth-order valence-electron chi connectivity index (χ4n) is 6.67. The van der Waals surface area contributed by atoms with Gasteiger partial charge in [0.05, 0.1) is 29.7 Å². The van der Waals surface area contributed by atoms with Crippen LogP contribution in [0.2, 0.25) is 0 Å². The van der Waals surface area contributed by atoms with Crippen molar-refractivity contribution >= 4 is 5.91 Å². The second-order valence-electron chi connectivity index (χ2n) is 10.3. The molecule has 1 aromatic carbocycles. The van der Waals surface area contributed by atoms with Gasteiger partial charge in [-0.25, -0.2) is 13.8 Å². The maximum atomic E-state index is 14.5. The van der Waals surface area contributed by atoms with E-state index in [4.69, 9.17) is 4.74 Å². The highest BCUT2D eigenvalue weighted by atomic mass is 19.1. The summed E-state index contributed by atoms with van der Waals surface area (Å²) < 4.78 is 35.3. The van der Waals surface area contributed by atoms with Crippen molar-refractivity contribution in [3.05, 3.63) is 58.8 Å². The Morgan fingerprint density at radius 2 is 2.00 bits per heavy atom. The Bertz CT molecular complexity index is 1320. The first kappa shape index (κ1) is 22.2.